The molecule has 0 radical (unpaired) electrons. The van der Waals surface area contributed by atoms with Crippen LogP contribution >= 0.6 is 0 Å². The Balaban J connectivity index is 1.93. The third-order valence-electron chi connectivity index (χ3n) is 5.37. The Hall–Kier alpha value is -3.85. The highest BCUT2D eigenvalue weighted by Gasteiger charge is 2.35. The molecule has 30 heavy (non-hydrogen) atoms. The molecule has 0 aliphatic carbocycles. The van der Waals surface area contributed by atoms with Crippen LogP contribution in [0.5, 0.6) is 5.75 Å². The molecule has 0 bridgehead atoms. The first-order chi connectivity index (χ1) is 14.4. The van der Waals surface area contributed by atoms with Crippen LogP contribution < -0.4 is 16.0 Å². The van der Waals surface area contributed by atoms with Crippen molar-refractivity contribution >= 4 is 0 Å². The van der Waals surface area contributed by atoms with Gasteiger partial charge in [0, 0.05) is 17.3 Å². The highest BCUT2D eigenvalue weighted by Crippen LogP contribution is 2.41. The summed E-state index contributed by atoms with van der Waals surface area (Å²) in [6.45, 7) is 4.15. The molecule has 2 N–H and O–H groups in total. The van der Waals surface area contributed by atoms with Crippen LogP contribution in [0.4, 0.5) is 4.39 Å². The number of hydrogen-bond acceptors (Lipinski definition) is 4. The van der Waals surface area contributed by atoms with E-state index < -0.39 is 11.7 Å². The van der Waals surface area contributed by atoms with Gasteiger partial charge in [-0.25, -0.2) is 4.39 Å². The zero-order valence-corrected chi connectivity index (χ0v) is 16.6. The third kappa shape index (κ3) is 3.25. The van der Waals surface area contributed by atoms with E-state index in [-0.39, 0.29) is 33.9 Å². The maximum Gasteiger partial charge on any atom is 0.259 e. The number of nitrogens with zero attached hydrogens (tertiary/aromatic N) is 2. The quantitative estimate of drug-likeness (QED) is 0.722. The van der Waals surface area contributed by atoms with Gasteiger partial charge in [-0.1, -0.05) is 48.0 Å². The van der Waals surface area contributed by atoms with E-state index in [4.69, 9.17) is 10.5 Å². The van der Waals surface area contributed by atoms with E-state index in [1.54, 1.807) is 35.8 Å². The lowest BCUT2D eigenvalue weighted by molar-refractivity contribution is 0.387. The predicted molar refractivity (Wildman–Crippen MR) is 111 cm³/mol. The first-order valence-electron chi connectivity index (χ1n) is 9.52. The van der Waals surface area contributed by atoms with E-state index in [9.17, 15) is 14.4 Å². The minimum absolute atomic E-state index is 0.0236. The summed E-state index contributed by atoms with van der Waals surface area (Å²) >= 11 is 0. The SMILES string of the molecule is Cc1ccc(Cn2c(C)cc3c(c2=O)[C@H](c2ccccc2F)C(C#N)=C(N)O3)cc1. The Labute approximate surface area is 173 Å². The van der Waals surface area contributed by atoms with Gasteiger partial charge in [-0.2, -0.15) is 5.26 Å². The Kier molecular flexibility index (Phi) is 4.88. The molecule has 4 rings (SSSR count). The fourth-order valence-corrected chi connectivity index (χ4v) is 3.78. The summed E-state index contributed by atoms with van der Waals surface area (Å²) in [5.74, 6) is -1.31. The number of fused-ring (bicyclic) bond motifs is 1. The van der Waals surface area contributed by atoms with Crippen molar-refractivity contribution in [3.63, 3.8) is 0 Å². The molecular weight excluding hydrogens is 381 g/mol. The molecular formula is C24H20FN3O2. The van der Waals surface area contributed by atoms with Crippen LogP contribution in [-0.4, -0.2) is 4.57 Å². The number of nitrogens with two attached hydrogens (primary N) is 1. The monoisotopic (exact) mass is 401 g/mol. The minimum atomic E-state index is -0.933. The van der Waals surface area contributed by atoms with Gasteiger partial charge < -0.3 is 15.0 Å². The fraction of sp³-hybridized carbons (Fsp3) is 0.167. The smallest absolute Gasteiger partial charge is 0.259 e. The van der Waals surface area contributed by atoms with Crippen molar-refractivity contribution in [2.75, 3.05) is 0 Å². The highest BCUT2D eigenvalue weighted by molar-refractivity contribution is 5.55. The zero-order valence-electron chi connectivity index (χ0n) is 16.6. The number of aromatic nitrogens is 1. The summed E-state index contributed by atoms with van der Waals surface area (Å²) in [4.78, 5) is 13.6. The molecule has 0 spiro atoms. The van der Waals surface area contributed by atoms with Gasteiger partial charge in [0.25, 0.3) is 5.56 Å². The van der Waals surface area contributed by atoms with E-state index in [0.717, 1.165) is 11.1 Å². The standard InChI is InChI=1S/C24H20FN3O2/c1-14-7-9-16(10-8-14)13-28-15(2)11-20-22(24(28)29)21(18(12-26)23(27)30-20)17-5-3-4-6-19(17)25/h3-11,21H,13,27H2,1-2H3/t21-/m1/s1. The number of pyridine rings is 1. The van der Waals surface area contributed by atoms with Crippen LogP contribution in [0.2, 0.25) is 0 Å². The van der Waals surface area contributed by atoms with Gasteiger partial charge in [0.1, 0.15) is 23.2 Å². The predicted octanol–water partition coefficient (Wildman–Crippen LogP) is 3.87. The second-order valence-corrected chi connectivity index (χ2v) is 7.39. The van der Waals surface area contributed by atoms with E-state index >= 15 is 0 Å². The molecule has 2 heterocycles. The Morgan fingerprint density at radius 1 is 1.17 bits per heavy atom. The first kappa shape index (κ1) is 19.5. The van der Waals surface area contributed by atoms with E-state index in [1.807, 2.05) is 37.3 Å². The van der Waals surface area contributed by atoms with E-state index in [0.29, 0.717) is 12.2 Å². The minimum Gasteiger partial charge on any atom is -0.440 e. The molecule has 2 aromatic carbocycles. The average molecular weight is 401 g/mol. The lowest BCUT2D eigenvalue weighted by Gasteiger charge is -2.27. The molecule has 6 heteroatoms. The van der Waals surface area contributed by atoms with Crippen LogP contribution in [0.3, 0.4) is 0 Å². The summed E-state index contributed by atoms with van der Waals surface area (Å²) in [5, 5.41) is 9.69. The van der Waals surface area contributed by atoms with E-state index in [2.05, 4.69) is 0 Å². The topological polar surface area (TPSA) is 81.0 Å². The van der Waals surface area contributed by atoms with Gasteiger partial charge in [0.15, 0.2) is 0 Å². The van der Waals surface area contributed by atoms with Crippen molar-refractivity contribution in [3.05, 3.63) is 110 Å². The largest absolute Gasteiger partial charge is 0.440 e. The molecule has 0 saturated carbocycles. The fourth-order valence-electron chi connectivity index (χ4n) is 3.78. The van der Waals surface area contributed by atoms with Crippen molar-refractivity contribution in [3.8, 4) is 11.8 Å². The molecule has 150 valence electrons. The van der Waals surface area contributed by atoms with Crippen molar-refractivity contribution in [1.82, 2.24) is 4.57 Å². The molecule has 0 amide bonds. The van der Waals surface area contributed by atoms with Gasteiger partial charge in [0.05, 0.1) is 18.0 Å². The van der Waals surface area contributed by atoms with Gasteiger partial charge in [-0.05, 0) is 25.5 Å². The van der Waals surface area contributed by atoms with Gasteiger partial charge in [-0.15, -0.1) is 0 Å². The summed E-state index contributed by atoms with van der Waals surface area (Å²) in [7, 11) is 0. The summed E-state index contributed by atoms with van der Waals surface area (Å²) < 4.78 is 21.9. The van der Waals surface area contributed by atoms with Crippen LogP contribution in [-0.2, 0) is 6.54 Å². The Bertz CT molecular complexity index is 1270. The average Bonchev–Trinajstić information content (AvgIpc) is 2.72. The molecule has 3 aromatic rings. The number of nitriles is 1. The normalized spacial score (nSPS) is 15.3. The van der Waals surface area contributed by atoms with Gasteiger partial charge in [-0.3, -0.25) is 4.79 Å². The Morgan fingerprint density at radius 3 is 2.53 bits per heavy atom. The second kappa shape index (κ2) is 7.53. The summed E-state index contributed by atoms with van der Waals surface area (Å²) in [6, 6.07) is 17.7. The third-order valence-corrected chi connectivity index (χ3v) is 5.37. The van der Waals surface area contributed by atoms with E-state index in [1.165, 1.54) is 6.07 Å². The zero-order chi connectivity index (χ0) is 21.4. The molecule has 0 fully saturated rings. The second-order valence-electron chi connectivity index (χ2n) is 7.39. The number of aryl methyl sites for hydroxylation is 2. The number of allylic oxidation sites excluding steroid dienone is 1. The molecule has 1 atom stereocenters. The lowest BCUT2D eigenvalue weighted by Crippen LogP contribution is -2.33. The van der Waals surface area contributed by atoms with Crippen molar-refractivity contribution in [2.24, 2.45) is 5.73 Å². The molecule has 1 aromatic heterocycles. The number of halogens is 1. The highest BCUT2D eigenvalue weighted by atomic mass is 19.1. The molecule has 1 aliphatic heterocycles. The van der Waals surface area contributed by atoms with Gasteiger partial charge >= 0.3 is 0 Å². The Morgan fingerprint density at radius 2 is 1.87 bits per heavy atom. The van der Waals surface area contributed by atoms with Crippen molar-refractivity contribution in [2.45, 2.75) is 26.3 Å². The van der Waals surface area contributed by atoms with Crippen LogP contribution in [0, 0.1) is 31.0 Å². The lowest BCUT2D eigenvalue weighted by atomic mass is 9.83. The van der Waals surface area contributed by atoms with Crippen LogP contribution in [0.15, 0.2) is 70.8 Å². The summed E-state index contributed by atoms with van der Waals surface area (Å²) in [5.41, 5.74) is 8.84. The van der Waals surface area contributed by atoms with Crippen LogP contribution in [0.25, 0.3) is 0 Å². The van der Waals surface area contributed by atoms with Crippen molar-refractivity contribution in [1.29, 1.82) is 5.26 Å². The number of benzene rings is 2. The molecule has 0 unspecified atom stereocenters. The summed E-state index contributed by atoms with van der Waals surface area (Å²) in [6.07, 6.45) is 0. The van der Waals surface area contributed by atoms with Gasteiger partial charge in [0.2, 0.25) is 5.88 Å². The maximum atomic E-state index is 14.7. The number of ether oxygens (including phenoxy) is 1. The molecule has 1 aliphatic rings. The van der Waals surface area contributed by atoms with Crippen molar-refractivity contribution < 1.29 is 9.13 Å². The van der Waals surface area contributed by atoms with Crippen LogP contribution in [0.1, 0.15) is 33.9 Å². The number of hydrogen-bond donors (Lipinski definition) is 1. The molecule has 5 nitrogen and oxygen atoms in total. The maximum absolute atomic E-state index is 14.7. The number of rotatable bonds is 3. The first-order valence-corrected chi connectivity index (χ1v) is 9.52. The molecule has 0 saturated heterocycles.